The van der Waals surface area contributed by atoms with Crippen molar-refractivity contribution in [3.05, 3.63) is 25.3 Å². The molecule has 0 unspecified atom stereocenters. The van der Waals surface area contributed by atoms with E-state index in [2.05, 4.69) is 18.7 Å². The molecular formula is C6H13N3. The lowest BCUT2D eigenvalue weighted by atomic mass is 10.5. The molecule has 0 aromatic rings. The van der Waals surface area contributed by atoms with E-state index in [0.29, 0.717) is 0 Å². The summed E-state index contributed by atoms with van der Waals surface area (Å²) in [5, 5.41) is 1.78. The molecule has 0 amide bonds. The van der Waals surface area contributed by atoms with Gasteiger partial charge < -0.3 is 0 Å². The molecule has 0 saturated heterocycles. The Morgan fingerprint density at radius 2 is 1.78 bits per heavy atom. The Kier molecular flexibility index (Phi) is 5.11. The molecular weight excluding hydrogens is 114 g/mol. The summed E-state index contributed by atoms with van der Waals surface area (Å²) in [5.74, 6) is 5.13. The summed E-state index contributed by atoms with van der Waals surface area (Å²) in [5.41, 5.74) is 2.49. The second-order valence-corrected chi connectivity index (χ2v) is 1.61. The van der Waals surface area contributed by atoms with Crippen LogP contribution in [0.5, 0.6) is 0 Å². The summed E-state index contributed by atoms with van der Waals surface area (Å²) in [4.78, 5) is 0. The highest BCUT2D eigenvalue weighted by Crippen LogP contribution is 1.79. The van der Waals surface area contributed by atoms with Crippen molar-refractivity contribution in [3.8, 4) is 0 Å². The van der Waals surface area contributed by atoms with Gasteiger partial charge in [0.15, 0.2) is 0 Å². The second-order valence-electron chi connectivity index (χ2n) is 1.61. The van der Waals surface area contributed by atoms with E-state index in [4.69, 9.17) is 5.84 Å². The first-order valence-electron chi connectivity index (χ1n) is 2.78. The average molecular weight is 127 g/mol. The largest absolute Gasteiger partial charge is 0.258 e. The molecule has 0 spiro atoms. The first-order valence-corrected chi connectivity index (χ1v) is 2.78. The average Bonchev–Trinajstić information content (AvgIpc) is 1.88. The second kappa shape index (κ2) is 5.50. The number of nitrogens with zero attached hydrogens (tertiary/aromatic N) is 1. The highest BCUT2D eigenvalue weighted by atomic mass is 15.6. The molecule has 0 aliphatic carbocycles. The van der Waals surface area contributed by atoms with Gasteiger partial charge in [0.25, 0.3) is 0 Å². The predicted molar refractivity (Wildman–Crippen MR) is 39.3 cm³/mol. The van der Waals surface area contributed by atoms with Crippen molar-refractivity contribution >= 4 is 0 Å². The molecule has 0 atom stereocenters. The number of hydrazine groups is 2. The smallest absolute Gasteiger partial charge is 0.0325 e. The molecule has 52 valence electrons. The zero-order chi connectivity index (χ0) is 7.11. The number of nitrogens with one attached hydrogen (secondary N) is 1. The van der Waals surface area contributed by atoms with Crippen LogP contribution in [-0.2, 0) is 0 Å². The van der Waals surface area contributed by atoms with Gasteiger partial charge in [-0.15, -0.1) is 13.2 Å². The maximum absolute atomic E-state index is 5.13. The molecule has 3 N–H and O–H groups in total. The molecule has 0 aliphatic rings. The van der Waals surface area contributed by atoms with E-state index in [1.54, 1.807) is 17.2 Å². The van der Waals surface area contributed by atoms with Crippen molar-refractivity contribution in [2.75, 3.05) is 13.1 Å². The van der Waals surface area contributed by atoms with Gasteiger partial charge in [-0.1, -0.05) is 12.2 Å². The normalized spacial score (nSPS) is 9.56. The van der Waals surface area contributed by atoms with Crippen molar-refractivity contribution in [1.82, 2.24) is 10.5 Å². The van der Waals surface area contributed by atoms with Crippen LogP contribution in [0.1, 0.15) is 0 Å². The highest BCUT2D eigenvalue weighted by Gasteiger charge is 1.92. The van der Waals surface area contributed by atoms with Crippen LogP contribution < -0.4 is 11.4 Å². The van der Waals surface area contributed by atoms with Crippen molar-refractivity contribution in [1.29, 1.82) is 0 Å². The minimum Gasteiger partial charge on any atom is -0.258 e. The van der Waals surface area contributed by atoms with Gasteiger partial charge in [0.05, 0.1) is 0 Å². The Morgan fingerprint density at radius 3 is 2.00 bits per heavy atom. The SMILES string of the molecule is C=CCN(CC=C)NN. The van der Waals surface area contributed by atoms with Gasteiger partial charge in [-0.3, -0.25) is 5.84 Å². The third-order valence-corrected chi connectivity index (χ3v) is 0.882. The predicted octanol–water partition coefficient (Wildman–Crippen LogP) is 0.0387. The molecule has 9 heavy (non-hydrogen) atoms. The van der Waals surface area contributed by atoms with Crippen LogP contribution in [0.2, 0.25) is 0 Å². The summed E-state index contributed by atoms with van der Waals surface area (Å²) in [7, 11) is 0. The van der Waals surface area contributed by atoms with E-state index in [9.17, 15) is 0 Å². The minimum absolute atomic E-state index is 0.725. The van der Waals surface area contributed by atoms with E-state index in [1.807, 2.05) is 0 Å². The first-order chi connectivity index (χ1) is 4.35. The lowest BCUT2D eigenvalue weighted by Crippen LogP contribution is -2.42. The fourth-order valence-electron chi connectivity index (χ4n) is 0.492. The maximum Gasteiger partial charge on any atom is 0.0325 e. The lowest BCUT2D eigenvalue weighted by molar-refractivity contribution is 0.237. The summed E-state index contributed by atoms with van der Waals surface area (Å²) in [6.07, 6.45) is 3.53. The van der Waals surface area contributed by atoms with E-state index in [1.165, 1.54) is 0 Å². The molecule has 0 aliphatic heterocycles. The van der Waals surface area contributed by atoms with Crippen LogP contribution in [0.15, 0.2) is 25.3 Å². The van der Waals surface area contributed by atoms with Crippen LogP contribution in [0.4, 0.5) is 0 Å². The Morgan fingerprint density at radius 1 is 1.33 bits per heavy atom. The van der Waals surface area contributed by atoms with E-state index in [-0.39, 0.29) is 0 Å². The molecule has 0 aromatic carbocycles. The lowest BCUT2D eigenvalue weighted by Gasteiger charge is -2.15. The number of hydrogen-bond acceptors (Lipinski definition) is 3. The van der Waals surface area contributed by atoms with E-state index in [0.717, 1.165) is 13.1 Å². The van der Waals surface area contributed by atoms with Gasteiger partial charge in [0, 0.05) is 13.1 Å². The Balaban J connectivity index is 3.39. The Hall–Kier alpha value is -0.640. The zero-order valence-corrected chi connectivity index (χ0v) is 5.51. The maximum atomic E-state index is 5.13. The number of rotatable bonds is 5. The summed E-state index contributed by atoms with van der Waals surface area (Å²) in [6.45, 7) is 8.57. The summed E-state index contributed by atoms with van der Waals surface area (Å²) in [6, 6.07) is 0. The quantitative estimate of drug-likeness (QED) is 0.311. The highest BCUT2D eigenvalue weighted by molar-refractivity contribution is 4.76. The van der Waals surface area contributed by atoms with Crippen molar-refractivity contribution in [2.45, 2.75) is 0 Å². The van der Waals surface area contributed by atoms with E-state index >= 15 is 0 Å². The molecule has 0 fully saturated rings. The fraction of sp³-hybridized carbons (Fsp3) is 0.333. The Bertz CT molecular complexity index is 80.3. The molecule has 0 rings (SSSR count). The van der Waals surface area contributed by atoms with Crippen LogP contribution in [0.25, 0.3) is 0 Å². The van der Waals surface area contributed by atoms with Crippen LogP contribution in [-0.4, -0.2) is 18.1 Å². The Labute approximate surface area is 55.8 Å². The third-order valence-electron chi connectivity index (χ3n) is 0.882. The van der Waals surface area contributed by atoms with Gasteiger partial charge in [0.2, 0.25) is 0 Å². The van der Waals surface area contributed by atoms with Crippen molar-refractivity contribution < 1.29 is 0 Å². The van der Waals surface area contributed by atoms with Crippen LogP contribution in [0, 0.1) is 0 Å². The molecule has 3 nitrogen and oxygen atoms in total. The standard InChI is InChI=1S/C6H13N3/c1-3-5-9(8-7)6-4-2/h3-4,8H,1-2,5-7H2. The molecule has 0 saturated carbocycles. The molecule has 0 bridgehead atoms. The van der Waals surface area contributed by atoms with Gasteiger partial charge in [-0.2, -0.15) is 5.53 Å². The molecule has 0 radical (unpaired) electrons. The monoisotopic (exact) mass is 127 g/mol. The van der Waals surface area contributed by atoms with E-state index < -0.39 is 0 Å². The molecule has 0 aromatic heterocycles. The van der Waals surface area contributed by atoms with Crippen LogP contribution in [0.3, 0.4) is 0 Å². The topological polar surface area (TPSA) is 41.3 Å². The van der Waals surface area contributed by atoms with Gasteiger partial charge in [-0.25, -0.2) is 5.01 Å². The minimum atomic E-state index is 0.725. The fourth-order valence-corrected chi connectivity index (χ4v) is 0.492. The molecule has 3 heteroatoms. The van der Waals surface area contributed by atoms with Gasteiger partial charge >= 0.3 is 0 Å². The van der Waals surface area contributed by atoms with Crippen molar-refractivity contribution in [2.24, 2.45) is 5.84 Å². The van der Waals surface area contributed by atoms with Crippen LogP contribution >= 0.6 is 0 Å². The van der Waals surface area contributed by atoms with Gasteiger partial charge in [-0.05, 0) is 0 Å². The number of nitrogens with two attached hydrogens (primary N) is 1. The number of hydrogen-bond donors (Lipinski definition) is 2. The summed E-state index contributed by atoms with van der Waals surface area (Å²) < 4.78 is 0. The van der Waals surface area contributed by atoms with Crippen molar-refractivity contribution in [3.63, 3.8) is 0 Å². The zero-order valence-electron chi connectivity index (χ0n) is 5.51. The molecule has 0 heterocycles. The summed E-state index contributed by atoms with van der Waals surface area (Å²) >= 11 is 0. The first kappa shape index (κ1) is 8.36. The third kappa shape index (κ3) is 3.90. The van der Waals surface area contributed by atoms with Gasteiger partial charge in [0.1, 0.15) is 0 Å².